The fraction of sp³-hybridized carbons (Fsp3) is 0.417. The van der Waals surface area contributed by atoms with Crippen LogP contribution in [0, 0.1) is 0 Å². The van der Waals surface area contributed by atoms with Gasteiger partial charge in [0.15, 0.2) is 0 Å². The maximum atomic E-state index is 6.06. The van der Waals surface area contributed by atoms with Crippen LogP contribution < -0.4 is 11.1 Å². The van der Waals surface area contributed by atoms with Crippen molar-refractivity contribution in [2.75, 3.05) is 18.8 Å². The SMILES string of the molecule is Nc1nc2c(Br)cccc2n1C1CCNCC1. The minimum Gasteiger partial charge on any atom is -0.369 e. The molecule has 1 saturated heterocycles. The number of nitrogens with one attached hydrogen (secondary N) is 1. The number of nitrogen functional groups attached to an aromatic ring is 1. The lowest BCUT2D eigenvalue weighted by molar-refractivity contribution is 0.378. The molecule has 1 aliphatic heterocycles. The van der Waals surface area contributed by atoms with Crippen LogP contribution in [-0.2, 0) is 0 Å². The Labute approximate surface area is 108 Å². The summed E-state index contributed by atoms with van der Waals surface area (Å²) in [6.45, 7) is 2.11. The molecule has 0 saturated carbocycles. The zero-order chi connectivity index (χ0) is 11.8. The number of hydrogen-bond acceptors (Lipinski definition) is 3. The van der Waals surface area contributed by atoms with Crippen LogP contribution in [0.15, 0.2) is 22.7 Å². The summed E-state index contributed by atoms with van der Waals surface area (Å²) >= 11 is 3.52. The standard InChI is InChI=1S/C12H15BrN4/c13-9-2-1-3-10-11(9)16-12(14)17(10)8-4-6-15-7-5-8/h1-3,8,15H,4-7H2,(H2,14,16). The summed E-state index contributed by atoms with van der Waals surface area (Å²) in [6.07, 6.45) is 2.23. The number of fused-ring (bicyclic) bond motifs is 1. The second-order valence-corrected chi connectivity index (χ2v) is 5.28. The Balaban J connectivity index is 2.14. The highest BCUT2D eigenvalue weighted by Crippen LogP contribution is 2.31. The van der Waals surface area contributed by atoms with E-state index in [1.165, 1.54) is 0 Å². The Kier molecular flexibility index (Phi) is 2.80. The van der Waals surface area contributed by atoms with Gasteiger partial charge in [-0.1, -0.05) is 6.07 Å². The number of imidazole rings is 1. The molecule has 5 heteroatoms. The van der Waals surface area contributed by atoms with Crippen LogP contribution in [0.2, 0.25) is 0 Å². The summed E-state index contributed by atoms with van der Waals surface area (Å²) in [7, 11) is 0. The van der Waals surface area contributed by atoms with Gasteiger partial charge in [-0.15, -0.1) is 0 Å². The maximum Gasteiger partial charge on any atom is 0.201 e. The number of nitrogens with zero attached hydrogens (tertiary/aromatic N) is 2. The molecule has 0 amide bonds. The number of hydrogen-bond donors (Lipinski definition) is 2. The average Bonchev–Trinajstić information content (AvgIpc) is 2.68. The molecule has 1 fully saturated rings. The second kappa shape index (κ2) is 4.31. The van der Waals surface area contributed by atoms with Gasteiger partial charge in [0.25, 0.3) is 0 Å². The van der Waals surface area contributed by atoms with Crippen LogP contribution in [0.5, 0.6) is 0 Å². The molecule has 17 heavy (non-hydrogen) atoms. The Morgan fingerprint density at radius 1 is 1.35 bits per heavy atom. The summed E-state index contributed by atoms with van der Waals surface area (Å²) in [5, 5.41) is 3.37. The molecule has 0 unspecified atom stereocenters. The molecule has 3 N–H and O–H groups in total. The van der Waals surface area contributed by atoms with Crippen LogP contribution >= 0.6 is 15.9 Å². The Bertz CT molecular complexity index is 543. The lowest BCUT2D eigenvalue weighted by atomic mass is 10.1. The van der Waals surface area contributed by atoms with Crippen LogP contribution in [0.1, 0.15) is 18.9 Å². The van der Waals surface area contributed by atoms with E-state index in [1.807, 2.05) is 12.1 Å². The predicted octanol–water partition coefficient (Wildman–Crippen LogP) is 2.31. The number of anilines is 1. The molecule has 4 nitrogen and oxygen atoms in total. The van der Waals surface area contributed by atoms with Crippen molar-refractivity contribution in [2.45, 2.75) is 18.9 Å². The van der Waals surface area contributed by atoms with E-state index in [0.717, 1.165) is 41.4 Å². The summed E-state index contributed by atoms with van der Waals surface area (Å²) in [4.78, 5) is 4.46. The van der Waals surface area contributed by atoms with Gasteiger partial charge in [-0.3, -0.25) is 0 Å². The average molecular weight is 295 g/mol. The highest BCUT2D eigenvalue weighted by molar-refractivity contribution is 9.10. The van der Waals surface area contributed by atoms with E-state index in [-0.39, 0.29) is 0 Å². The minimum absolute atomic E-state index is 0.468. The summed E-state index contributed by atoms with van der Waals surface area (Å²) in [5.74, 6) is 0.624. The molecule has 0 spiro atoms. The van der Waals surface area contributed by atoms with Crippen LogP contribution in [0.4, 0.5) is 5.95 Å². The Morgan fingerprint density at radius 3 is 2.88 bits per heavy atom. The predicted molar refractivity (Wildman–Crippen MR) is 73.0 cm³/mol. The zero-order valence-electron chi connectivity index (χ0n) is 9.49. The highest BCUT2D eigenvalue weighted by Gasteiger charge is 2.20. The van der Waals surface area contributed by atoms with Crippen molar-refractivity contribution >= 4 is 32.9 Å². The summed E-state index contributed by atoms with van der Waals surface area (Å²) in [5.41, 5.74) is 8.15. The molecule has 0 radical (unpaired) electrons. The van der Waals surface area contributed by atoms with Gasteiger partial charge in [0.2, 0.25) is 5.95 Å². The highest BCUT2D eigenvalue weighted by atomic mass is 79.9. The van der Waals surface area contributed by atoms with E-state index in [1.54, 1.807) is 0 Å². The molecule has 1 aliphatic rings. The molecule has 0 atom stereocenters. The third kappa shape index (κ3) is 1.83. The van der Waals surface area contributed by atoms with E-state index in [2.05, 4.69) is 36.9 Å². The van der Waals surface area contributed by atoms with Gasteiger partial charge in [0.05, 0.1) is 5.52 Å². The minimum atomic E-state index is 0.468. The van der Waals surface area contributed by atoms with Crippen LogP contribution in [0.25, 0.3) is 11.0 Å². The lowest BCUT2D eigenvalue weighted by Gasteiger charge is -2.25. The fourth-order valence-electron chi connectivity index (χ4n) is 2.55. The monoisotopic (exact) mass is 294 g/mol. The number of aromatic nitrogens is 2. The van der Waals surface area contributed by atoms with E-state index in [9.17, 15) is 0 Å². The topological polar surface area (TPSA) is 55.9 Å². The van der Waals surface area contributed by atoms with Gasteiger partial charge in [-0.2, -0.15) is 0 Å². The van der Waals surface area contributed by atoms with Crippen LogP contribution in [-0.4, -0.2) is 22.6 Å². The molecule has 1 aromatic heterocycles. The second-order valence-electron chi connectivity index (χ2n) is 4.43. The first kappa shape index (κ1) is 11.0. The molecular formula is C12H15BrN4. The fourth-order valence-corrected chi connectivity index (χ4v) is 2.99. The van der Waals surface area contributed by atoms with Gasteiger partial charge in [-0.05, 0) is 54.0 Å². The van der Waals surface area contributed by atoms with Crippen molar-refractivity contribution in [3.63, 3.8) is 0 Å². The third-order valence-electron chi connectivity index (χ3n) is 3.37. The van der Waals surface area contributed by atoms with Crippen molar-refractivity contribution in [3.8, 4) is 0 Å². The van der Waals surface area contributed by atoms with E-state index in [4.69, 9.17) is 5.73 Å². The quantitative estimate of drug-likeness (QED) is 0.849. The molecule has 0 bridgehead atoms. The molecule has 2 aromatic rings. The molecule has 1 aromatic carbocycles. The molecule has 3 rings (SSSR count). The Hall–Kier alpha value is -1.07. The zero-order valence-corrected chi connectivity index (χ0v) is 11.1. The molecule has 2 heterocycles. The first-order valence-electron chi connectivity index (χ1n) is 5.90. The molecule has 90 valence electrons. The first-order chi connectivity index (χ1) is 8.27. The first-order valence-corrected chi connectivity index (χ1v) is 6.69. The van der Waals surface area contributed by atoms with Gasteiger partial charge < -0.3 is 15.6 Å². The normalized spacial score (nSPS) is 17.7. The summed E-state index contributed by atoms with van der Waals surface area (Å²) in [6, 6.07) is 6.59. The smallest absolute Gasteiger partial charge is 0.201 e. The van der Waals surface area contributed by atoms with Crippen molar-refractivity contribution < 1.29 is 0 Å². The van der Waals surface area contributed by atoms with Crippen molar-refractivity contribution in [2.24, 2.45) is 0 Å². The van der Waals surface area contributed by atoms with Gasteiger partial charge in [0.1, 0.15) is 5.52 Å². The molecule has 0 aliphatic carbocycles. The maximum absolute atomic E-state index is 6.06. The number of nitrogens with two attached hydrogens (primary N) is 1. The van der Waals surface area contributed by atoms with E-state index >= 15 is 0 Å². The van der Waals surface area contributed by atoms with Crippen molar-refractivity contribution in [1.29, 1.82) is 0 Å². The number of rotatable bonds is 1. The van der Waals surface area contributed by atoms with Gasteiger partial charge in [-0.25, -0.2) is 4.98 Å². The summed E-state index contributed by atoms with van der Waals surface area (Å²) < 4.78 is 3.19. The van der Waals surface area contributed by atoms with Crippen molar-refractivity contribution in [1.82, 2.24) is 14.9 Å². The van der Waals surface area contributed by atoms with Crippen LogP contribution in [0.3, 0.4) is 0 Å². The van der Waals surface area contributed by atoms with Gasteiger partial charge in [0, 0.05) is 10.5 Å². The third-order valence-corrected chi connectivity index (χ3v) is 4.01. The lowest BCUT2D eigenvalue weighted by Crippen LogP contribution is -2.29. The number of benzene rings is 1. The number of para-hydroxylation sites is 1. The van der Waals surface area contributed by atoms with E-state index < -0.39 is 0 Å². The van der Waals surface area contributed by atoms with Crippen molar-refractivity contribution in [3.05, 3.63) is 22.7 Å². The number of halogens is 1. The molecular weight excluding hydrogens is 280 g/mol. The largest absolute Gasteiger partial charge is 0.369 e. The van der Waals surface area contributed by atoms with E-state index in [0.29, 0.717) is 12.0 Å². The number of piperidine rings is 1. The van der Waals surface area contributed by atoms with Gasteiger partial charge >= 0.3 is 0 Å². The Morgan fingerprint density at radius 2 is 2.12 bits per heavy atom.